The number of benzene rings is 1. The summed E-state index contributed by atoms with van der Waals surface area (Å²) in [4.78, 5) is 0. The summed E-state index contributed by atoms with van der Waals surface area (Å²) in [7, 11) is 0. The number of ether oxygens (including phenoxy) is 2. The molecular formula is C16H15F2N5O2. The maximum Gasteiger partial charge on any atom is 0.151 e. The van der Waals surface area contributed by atoms with E-state index in [1.54, 1.807) is 16.9 Å². The van der Waals surface area contributed by atoms with E-state index in [1.807, 2.05) is 0 Å². The van der Waals surface area contributed by atoms with Gasteiger partial charge in [0.25, 0.3) is 0 Å². The first-order chi connectivity index (χ1) is 12.2. The molecule has 1 aliphatic rings. The fraction of sp³-hybridized carbons (Fsp3) is 0.312. The zero-order valence-electron chi connectivity index (χ0n) is 13.2. The monoisotopic (exact) mass is 347 g/mol. The van der Waals surface area contributed by atoms with Crippen molar-refractivity contribution in [3.63, 3.8) is 0 Å². The van der Waals surface area contributed by atoms with Crippen LogP contribution in [0.4, 0.5) is 8.78 Å². The second kappa shape index (κ2) is 6.69. The van der Waals surface area contributed by atoms with Gasteiger partial charge in [-0.1, -0.05) is 11.3 Å². The Labute approximate surface area is 141 Å². The van der Waals surface area contributed by atoms with Crippen LogP contribution in [0.5, 0.6) is 0 Å². The average Bonchev–Trinajstić information content (AvgIpc) is 3.16. The van der Waals surface area contributed by atoms with Gasteiger partial charge in [0.2, 0.25) is 0 Å². The molecule has 0 bridgehead atoms. The second-order valence-corrected chi connectivity index (χ2v) is 5.70. The lowest BCUT2D eigenvalue weighted by Gasteiger charge is -2.25. The number of hydrogen-bond donors (Lipinski definition) is 0. The highest BCUT2D eigenvalue weighted by atomic mass is 19.1. The molecule has 0 radical (unpaired) electrons. The van der Waals surface area contributed by atoms with Gasteiger partial charge in [0.15, 0.2) is 11.6 Å². The van der Waals surface area contributed by atoms with Crippen LogP contribution in [0, 0.1) is 11.6 Å². The van der Waals surface area contributed by atoms with Gasteiger partial charge in [0, 0.05) is 6.20 Å². The first kappa shape index (κ1) is 15.9. The first-order valence-electron chi connectivity index (χ1n) is 7.76. The SMILES string of the molecule is Fc1cccc(F)c1-n1ccc(Cn2cc(COC3COC3)nn2)n1. The van der Waals surface area contributed by atoms with Crippen LogP contribution in [0.15, 0.2) is 36.7 Å². The molecule has 25 heavy (non-hydrogen) atoms. The predicted octanol–water partition coefficient (Wildman–Crippen LogP) is 1.71. The largest absolute Gasteiger partial charge is 0.376 e. The van der Waals surface area contributed by atoms with Crippen molar-refractivity contribution >= 4 is 0 Å². The molecule has 0 unspecified atom stereocenters. The molecule has 0 saturated carbocycles. The minimum absolute atomic E-state index is 0.122. The lowest BCUT2D eigenvalue weighted by atomic mass is 10.3. The molecule has 3 heterocycles. The number of hydrogen-bond acceptors (Lipinski definition) is 5. The summed E-state index contributed by atoms with van der Waals surface area (Å²) < 4.78 is 41.0. The molecule has 0 N–H and O–H groups in total. The summed E-state index contributed by atoms with van der Waals surface area (Å²) in [5.74, 6) is -1.34. The van der Waals surface area contributed by atoms with Gasteiger partial charge in [-0.15, -0.1) is 5.10 Å². The summed E-state index contributed by atoms with van der Waals surface area (Å²) in [5, 5.41) is 12.2. The smallest absolute Gasteiger partial charge is 0.151 e. The van der Waals surface area contributed by atoms with E-state index in [0.29, 0.717) is 37.8 Å². The topological polar surface area (TPSA) is 67.0 Å². The van der Waals surface area contributed by atoms with Gasteiger partial charge in [-0.3, -0.25) is 0 Å². The van der Waals surface area contributed by atoms with Crippen molar-refractivity contribution in [2.45, 2.75) is 19.3 Å². The molecule has 0 atom stereocenters. The maximum absolute atomic E-state index is 13.8. The molecule has 1 saturated heterocycles. The molecule has 0 aliphatic carbocycles. The fourth-order valence-corrected chi connectivity index (χ4v) is 2.44. The molecule has 3 aromatic rings. The molecule has 9 heteroatoms. The van der Waals surface area contributed by atoms with E-state index in [1.165, 1.54) is 29.1 Å². The van der Waals surface area contributed by atoms with Crippen LogP contribution in [0.25, 0.3) is 5.69 Å². The number of halogens is 2. The molecule has 0 spiro atoms. The highest BCUT2D eigenvalue weighted by molar-refractivity contribution is 5.34. The minimum atomic E-state index is -0.671. The lowest BCUT2D eigenvalue weighted by molar-refractivity contribution is -0.135. The van der Waals surface area contributed by atoms with Crippen molar-refractivity contribution in [2.24, 2.45) is 0 Å². The Hall–Kier alpha value is -2.65. The van der Waals surface area contributed by atoms with E-state index < -0.39 is 11.6 Å². The Balaban J connectivity index is 1.43. The summed E-state index contributed by atoms with van der Waals surface area (Å²) >= 11 is 0. The standard InChI is InChI=1S/C16H15F2N5O2/c17-14-2-1-3-15(18)16(14)23-5-4-11(20-23)6-22-7-12(19-21-22)8-25-13-9-24-10-13/h1-5,7,13H,6,8-10H2. The molecule has 4 rings (SSSR count). The maximum atomic E-state index is 13.8. The minimum Gasteiger partial charge on any atom is -0.376 e. The van der Waals surface area contributed by atoms with Crippen LogP contribution in [-0.4, -0.2) is 44.1 Å². The third kappa shape index (κ3) is 3.42. The summed E-state index contributed by atoms with van der Waals surface area (Å²) in [5.41, 5.74) is 1.10. The van der Waals surface area contributed by atoms with Crippen LogP contribution in [0.1, 0.15) is 11.4 Å². The number of rotatable bonds is 6. The van der Waals surface area contributed by atoms with Gasteiger partial charge in [-0.2, -0.15) is 5.10 Å². The number of para-hydroxylation sites is 1. The van der Waals surface area contributed by atoms with Crippen molar-refractivity contribution in [1.82, 2.24) is 24.8 Å². The normalized spacial score (nSPS) is 14.6. The van der Waals surface area contributed by atoms with Crippen molar-refractivity contribution in [2.75, 3.05) is 13.2 Å². The highest BCUT2D eigenvalue weighted by Gasteiger charge is 2.19. The quantitative estimate of drug-likeness (QED) is 0.679. The van der Waals surface area contributed by atoms with E-state index >= 15 is 0 Å². The molecule has 0 amide bonds. The second-order valence-electron chi connectivity index (χ2n) is 5.70. The van der Waals surface area contributed by atoms with Gasteiger partial charge in [0.05, 0.1) is 38.3 Å². The Morgan fingerprint density at radius 1 is 1.16 bits per heavy atom. The summed E-state index contributed by atoms with van der Waals surface area (Å²) in [6, 6.07) is 5.37. The number of nitrogens with zero attached hydrogens (tertiary/aromatic N) is 5. The summed E-state index contributed by atoms with van der Waals surface area (Å²) in [6.45, 7) is 1.92. The highest BCUT2D eigenvalue weighted by Crippen LogP contribution is 2.17. The van der Waals surface area contributed by atoms with Gasteiger partial charge < -0.3 is 9.47 Å². The van der Waals surface area contributed by atoms with Crippen LogP contribution in [-0.2, 0) is 22.6 Å². The first-order valence-corrected chi connectivity index (χ1v) is 7.76. The Morgan fingerprint density at radius 3 is 2.68 bits per heavy atom. The van der Waals surface area contributed by atoms with E-state index in [9.17, 15) is 8.78 Å². The van der Waals surface area contributed by atoms with Crippen LogP contribution in [0.2, 0.25) is 0 Å². The average molecular weight is 347 g/mol. The van der Waals surface area contributed by atoms with Gasteiger partial charge in [-0.25, -0.2) is 18.1 Å². The van der Waals surface area contributed by atoms with Crippen molar-refractivity contribution in [3.05, 3.63) is 59.7 Å². The van der Waals surface area contributed by atoms with Crippen molar-refractivity contribution < 1.29 is 18.3 Å². The molecule has 1 aromatic carbocycles. The zero-order chi connectivity index (χ0) is 17.2. The van der Waals surface area contributed by atoms with Gasteiger partial charge >= 0.3 is 0 Å². The Bertz CT molecular complexity index is 855. The van der Waals surface area contributed by atoms with Crippen molar-refractivity contribution in [1.29, 1.82) is 0 Å². The van der Waals surface area contributed by atoms with E-state index in [0.717, 1.165) is 0 Å². The molecular weight excluding hydrogens is 332 g/mol. The van der Waals surface area contributed by atoms with Gasteiger partial charge in [-0.05, 0) is 18.2 Å². The van der Waals surface area contributed by atoms with Gasteiger partial charge in [0.1, 0.15) is 17.5 Å². The molecule has 7 nitrogen and oxygen atoms in total. The number of aromatic nitrogens is 5. The molecule has 130 valence electrons. The predicted molar refractivity (Wildman–Crippen MR) is 82.0 cm³/mol. The zero-order valence-corrected chi connectivity index (χ0v) is 13.2. The molecule has 2 aromatic heterocycles. The van der Waals surface area contributed by atoms with Crippen LogP contribution >= 0.6 is 0 Å². The Kier molecular flexibility index (Phi) is 4.24. The van der Waals surface area contributed by atoms with E-state index in [4.69, 9.17) is 9.47 Å². The third-order valence-electron chi connectivity index (χ3n) is 3.80. The fourth-order valence-electron chi connectivity index (χ4n) is 2.44. The lowest BCUT2D eigenvalue weighted by Crippen LogP contribution is -2.35. The van der Waals surface area contributed by atoms with E-state index in [-0.39, 0.29) is 11.8 Å². The summed E-state index contributed by atoms with van der Waals surface area (Å²) in [6.07, 6.45) is 3.38. The van der Waals surface area contributed by atoms with Crippen LogP contribution < -0.4 is 0 Å². The van der Waals surface area contributed by atoms with Crippen LogP contribution in [0.3, 0.4) is 0 Å². The molecule has 1 fully saturated rings. The third-order valence-corrected chi connectivity index (χ3v) is 3.80. The molecule has 1 aliphatic heterocycles. The van der Waals surface area contributed by atoms with E-state index in [2.05, 4.69) is 15.4 Å². The Morgan fingerprint density at radius 2 is 1.96 bits per heavy atom. The van der Waals surface area contributed by atoms with Crippen molar-refractivity contribution in [3.8, 4) is 5.69 Å².